The maximum absolute atomic E-state index is 2.29. The van der Waals surface area contributed by atoms with Crippen LogP contribution in [0.2, 0.25) is 0 Å². The maximum Gasteiger partial charge on any atom is 0.0380 e. The van der Waals surface area contributed by atoms with Gasteiger partial charge in [-0.1, -0.05) is 26.0 Å². The third-order valence-electron chi connectivity index (χ3n) is 3.17. The zero-order chi connectivity index (χ0) is 11.2. The van der Waals surface area contributed by atoms with Crippen LogP contribution in [0.25, 0.3) is 10.1 Å². The SMILES string of the molecule is Cc1sc2c(C)ccc(C(C)C)c2c1C. The Kier molecular flexibility index (Phi) is 2.59. The van der Waals surface area contributed by atoms with Gasteiger partial charge in [-0.05, 0) is 48.8 Å². The molecule has 0 nitrogen and oxygen atoms in total. The Bertz CT molecular complexity index is 504. The smallest absolute Gasteiger partial charge is 0.0380 e. The number of rotatable bonds is 1. The molecule has 2 aromatic rings. The summed E-state index contributed by atoms with van der Waals surface area (Å²) in [5.74, 6) is 0.612. The molecule has 0 unspecified atom stereocenters. The molecule has 2 rings (SSSR count). The van der Waals surface area contributed by atoms with E-state index in [1.165, 1.54) is 31.7 Å². The first-order chi connectivity index (χ1) is 7.02. The van der Waals surface area contributed by atoms with Crippen molar-refractivity contribution in [1.82, 2.24) is 0 Å². The van der Waals surface area contributed by atoms with Gasteiger partial charge in [0.25, 0.3) is 0 Å². The van der Waals surface area contributed by atoms with Crippen LogP contribution in [-0.2, 0) is 0 Å². The van der Waals surface area contributed by atoms with Crippen LogP contribution in [0.3, 0.4) is 0 Å². The van der Waals surface area contributed by atoms with Gasteiger partial charge in [-0.25, -0.2) is 0 Å². The normalized spacial score (nSPS) is 11.6. The van der Waals surface area contributed by atoms with E-state index >= 15 is 0 Å². The zero-order valence-corrected chi connectivity index (χ0v) is 11.0. The minimum Gasteiger partial charge on any atom is -0.140 e. The van der Waals surface area contributed by atoms with Crippen molar-refractivity contribution < 1.29 is 0 Å². The molecule has 0 N–H and O–H groups in total. The van der Waals surface area contributed by atoms with Crippen LogP contribution in [0.1, 0.15) is 41.3 Å². The first-order valence-electron chi connectivity index (χ1n) is 5.51. The zero-order valence-electron chi connectivity index (χ0n) is 10.1. The predicted molar refractivity (Wildman–Crippen MR) is 70.1 cm³/mol. The van der Waals surface area contributed by atoms with E-state index in [4.69, 9.17) is 0 Å². The predicted octanol–water partition coefficient (Wildman–Crippen LogP) is 4.95. The molecule has 1 aromatic carbocycles. The Labute approximate surface area is 95.9 Å². The fourth-order valence-corrected chi connectivity index (χ4v) is 3.27. The van der Waals surface area contributed by atoms with Gasteiger partial charge >= 0.3 is 0 Å². The number of hydrogen-bond donors (Lipinski definition) is 0. The lowest BCUT2D eigenvalue weighted by molar-refractivity contribution is 0.875. The highest BCUT2D eigenvalue weighted by molar-refractivity contribution is 7.19. The molecule has 0 spiro atoms. The summed E-state index contributed by atoms with van der Waals surface area (Å²) in [7, 11) is 0. The van der Waals surface area contributed by atoms with E-state index in [1.54, 1.807) is 0 Å². The molecule has 0 saturated carbocycles. The van der Waals surface area contributed by atoms with Crippen LogP contribution in [0.4, 0.5) is 0 Å². The standard InChI is InChI=1S/C14H18S/c1-8(2)12-7-6-9(3)14-13(12)10(4)11(5)15-14/h6-8H,1-5H3. The van der Waals surface area contributed by atoms with E-state index < -0.39 is 0 Å². The second kappa shape index (κ2) is 3.64. The lowest BCUT2D eigenvalue weighted by Crippen LogP contribution is -1.90. The number of benzene rings is 1. The Morgan fingerprint density at radius 1 is 1.07 bits per heavy atom. The highest BCUT2D eigenvalue weighted by Gasteiger charge is 2.13. The average Bonchev–Trinajstić information content (AvgIpc) is 2.46. The maximum atomic E-state index is 2.29. The van der Waals surface area contributed by atoms with Gasteiger partial charge in [-0.2, -0.15) is 0 Å². The van der Waals surface area contributed by atoms with Crippen LogP contribution in [0, 0.1) is 20.8 Å². The van der Waals surface area contributed by atoms with Crippen molar-refractivity contribution in [2.24, 2.45) is 0 Å². The molecule has 0 radical (unpaired) electrons. The van der Waals surface area contributed by atoms with Gasteiger partial charge in [0, 0.05) is 9.58 Å². The van der Waals surface area contributed by atoms with Crippen molar-refractivity contribution in [3.63, 3.8) is 0 Å². The average molecular weight is 218 g/mol. The largest absolute Gasteiger partial charge is 0.140 e. The molecule has 0 aliphatic carbocycles. The van der Waals surface area contributed by atoms with Crippen LogP contribution < -0.4 is 0 Å². The molecule has 0 aliphatic heterocycles. The van der Waals surface area contributed by atoms with Crippen molar-refractivity contribution in [3.8, 4) is 0 Å². The van der Waals surface area contributed by atoms with Crippen molar-refractivity contribution in [3.05, 3.63) is 33.7 Å². The summed E-state index contributed by atoms with van der Waals surface area (Å²) in [6.45, 7) is 11.2. The number of aryl methyl sites for hydroxylation is 3. The van der Waals surface area contributed by atoms with Crippen LogP contribution in [-0.4, -0.2) is 0 Å². The topological polar surface area (TPSA) is 0 Å². The molecule has 1 heteroatoms. The molecule has 80 valence electrons. The summed E-state index contributed by atoms with van der Waals surface area (Å²) in [6, 6.07) is 4.55. The van der Waals surface area contributed by atoms with Gasteiger partial charge in [0.1, 0.15) is 0 Å². The minimum absolute atomic E-state index is 0.612. The summed E-state index contributed by atoms with van der Waals surface area (Å²) in [5, 5.41) is 1.51. The molecular formula is C14H18S. The molecule has 0 bridgehead atoms. The van der Waals surface area contributed by atoms with Gasteiger partial charge in [0.15, 0.2) is 0 Å². The Morgan fingerprint density at radius 2 is 1.73 bits per heavy atom. The van der Waals surface area contributed by atoms with Crippen molar-refractivity contribution >= 4 is 21.4 Å². The molecule has 0 amide bonds. The fraction of sp³-hybridized carbons (Fsp3) is 0.429. The van der Waals surface area contributed by atoms with E-state index in [0.29, 0.717) is 5.92 Å². The van der Waals surface area contributed by atoms with E-state index in [1.807, 2.05) is 11.3 Å². The highest BCUT2D eigenvalue weighted by Crippen LogP contribution is 2.37. The Balaban J connectivity index is 2.90. The molecule has 0 saturated heterocycles. The molecular weight excluding hydrogens is 200 g/mol. The number of hydrogen-bond acceptors (Lipinski definition) is 1. The van der Waals surface area contributed by atoms with E-state index in [2.05, 4.69) is 46.8 Å². The molecule has 1 heterocycles. The summed E-state index contributed by atoms with van der Waals surface area (Å²) >= 11 is 1.94. The molecule has 0 atom stereocenters. The molecule has 1 aromatic heterocycles. The Morgan fingerprint density at radius 3 is 2.33 bits per heavy atom. The van der Waals surface area contributed by atoms with Crippen LogP contribution >= 0.6 is 11.3 Å². The summed E-state index contributed by atoms with van der Waals surface area (Å²) in [4.78, 5) is 1.46. The monoisotopic (exact) mass is 218 g/mol. The summed E-state index contributed by atoms with van der Waals surface area (Å²) in [6.07, 6.45) is 0. The highest BCUT2D eigenvalue weighted by atomic mass is 32.1. The second-order valence-corrected chi connectivity index (χ2v) is 5.84. The lowest BCUT2D eigenvalue weighted by Gasteiger charge is -2.09. The second-order valence-electron chi connectivity index (χ2n) is 4.61. The van der Waals surface area contributed by atoms with Gasteiger partial charge in [0.2, 0.25) is 0 Å². The van der Waals surface area contributed by atoms with Crippen LogP contribution in [0.15, 0.2) is 12.1 Å². The summed E-state index contributed by atoms with van der Waals surface area (Å²) < 4.78 is 1.48. The molecule has 15 heavy (non-hydrogen) atoms. The van der Waals surface area contributed by atoms with Gasteiger partial charge in [0.05, 0.1) is 0 Å². The fourth-order valence-electron chi connectivity index (χ4n) is 2.11. The number of thiophene rings is 1. The number of fused-ring (bicyclic) bond motifs is 1. The van der Waals surface area contributed by atoms with Crippen molar-refractivity contribution in [2.45, 2.75) is 40.5 Å². The van der Waals surface area contributed by atoms with Gasteiger partial charge in [-0.3, -0.25) is 0 Å². The summed E-state index contributed by atoms with van der Waals surface area (Å²) in [5.41, 5.74) is 4.38. The first-order valence-corrected chi connectivity index (χ1v) is 6.33. The lowest BCUT2D eigenvalue weighted by atomic mass is 9.95. The van der Waals surface area contributed by atoms with Crippen molar-refractivity contribution in [1.29, 1.82) is 0 Å². The van der Waals surface area contributed by atoms with E-state index in [0.717, 1.165) is 0 Å². The van der Waals surface area contributed by atoms with Gasteiger partial charge < -0.3 is 0 Å². The molecule has 0 fully saturated rings. The minimum atomic E-state index is 0.612. The third kappa shape index (κ3) is 1.59. The van der Waals surface area contributed by atoms with Crippen molar-refractivity contribution in [2.75, 3.05) is 0 Å². The first kappa shape index (κ1) is 10.7. The van der Waals surface area contributed by atoms with Gasteiger partial charge in [-0.15, -0.1) is 11.3 Å². The van der Waals surface area contributed by atoms with E-state index in [9.17, 15) is 0 Å². The Hall–Kier alpha value is -0.820. The molecule has 0 aliphatic rings. The quantitative estimate of drug-likeness (QED) is 0.635. The van der Waals surface area contributed by atoms with Crippen LogP contribution in [0.5, 0.6) is 0 Å². The van der Waals surface area contributed by atoms with E-state index in [-0.39, 0.29) is 0 Å². The third-order valence-corrected chi connectivity index (χ3v) is 4.51.